The van der Waals surface area contributed by atoms with Crippen molar-refractivity contribution in [3.05, 3.63) is 83.2 Å². The average molecular weight is 408 g/mol. The topological polar surface area (TPSA) is 33.7 Å². The number of nitrogens with one attached hydrogen (secondary N) is 1. The van der Waals surface area contributed by atoms with E-state index in [2.05, 4.69) is 5.32 Å². The van der Waals surface area contributed by atoms with Gasteiger partial charge >= 0.3 is 0 Å². The van der Waals surface area contributed by atoms with Crippen molar-refractivity contribution >= 4 is 28.7 Å². The lowest BCUT2D eigenvalue weighted by Gasteiger charge is -2.27. The van der Waals surface area contributed by atoms with Gasteiger partial charge < -0.3 is 19.7 Å². The maximum absolute atomic E-state index is 13.5. The molecule has 4 nitrogen and oxygen atoms in total. The molecule has 3 aromatic carbocycles. The van der Waals surface area contributed by atoms with Gasteiger partial charge in [-0.2, -0.15) is 0 Å². The number of fused-ring (bicyclic) bond motifs is 1. The van der Waals surface area contributed by atoms with Crippen molar-refractivity contribution in [3.8, 4) is 11.5 Å². The number of thiocarbonyl (C=S) groups is 1. The lowest BCUT2D eigenvalue weighted by molar-refractivity contribution is 0.174. The van der Waals surface area contributed by atoms with Gasteiger partial charge in [0.05, 0.1) is 6.54 Å². The minimum atomic E-state index is -0.287. The Morgan fingerprint density at radius 2 is 1.69 bits per heavy atom. The summed E-state index contributed by atoms with van der Waals surface area (Å²) in [5.41, 5.74) is 5.00. The molecule has 1 heterocycles. The first-order valence-electron chi connectivity index (χ1n) is 9.30. The first-order chi connectivity index (χ1) is 14.0. The van der Waals surface area contributed by atoms with E-state index < -0.39 is 0 Å². The fraction of sp³-hybridized carbons (Fsp3) is 0.174. The van der Waals surface area contributed by atoms with Crippen LogP contribution in [0.4, 0.5) is 15.8 Å². The first kappa shape index (κ1) is 19.2. The van der Waals surface area contributed by atoms with Crippen molar-refractivity contribution in [1.29, 1.82) is 0 Å². The summed E-state index contributed by atoms with van der Waals surface area (Å²) in [7, 11) is 0. The summed E-state index contributed by atoms with van der Waals surface area (Å²) in [4.78, 5) is 1.94. The molecule has 0 unspecified atom stereocenters. The Labute approximate surface area is 174 Å². The number of aryl methyl sites for hydroxylation is 2. The number of nitrogens with zero attached hydrogens (tertiary/aromatic N) is 1. The molecule has 4 rings (SSSR count). The predicted octanol–water partition coefficient (Wildman–Crippen LogP) is 5.57. The van der Waals surface area contributed by atoms with Crippen molar-refractivity contribution < 1.29 is 13.9 Å². The maximum atomic E-state index is 13.5. The van der Waals surface area contributed by atoms with Gasteiger partial charge in [-0.1, -0.05) is 24.3 Å². The van der Waals surface area contributed by atoms with Crippen molar-refractivity contribution in [2.45, 2.75) is 20.4 Å². The average Bonchev–Trinajstić information content (AvgIpc) is 3.17. The van der Waals surface area contributed by atoms with Crippen LogP contribution in [-0.4, -0.2) is 11.9 Å². The lowest BCUT2D eigenvalue weighted by Crippen LogP contribution is -2.34. The fourth-order valence-electron chi connectivity index (χ4n) is 3.31. The first-order valence-corrected chi connectivity index (χ1v) is 9.71. The Balaban J connectivity index is 1.64. The van der Waals surface area contributed by atoms with E-state index in [0.717, 1.165) is 39.6 Å². The highest BCUT2D eigenvalue weighted by atomic mass is 32.1. The molecule has 0 atom stereocenters. The molecule has 1 aliphatic heterocycles. The number of hydrogen-bond acceptors (Lipinski definition) is 3. The Bertz CT molecular complexity index is 1030. The molecular weight excluding hydrogens is 387 g/mol. The summed E-state index contributed by atoms with van der Waals surface area (Å²) < 4.78 is 24.4. The van der Waals surface area contributed by atoms with Crippen LogP contribution in [0.25, 0.3) is 0 Å². The Kier molecular flexibility index (Phi) is 5.36. The van der Waals surface area contributed by atoms with Crippen LogP contribution in [0.3, 0.4) is 0 Å². The number of rotatable bonds is 4. The number of halogens is 1. The quantitative estimate of drug-likeness (QED) is 0.571. The summed E-state index contributed by atoms with van der Waals surface area (Å²) in [6.07, 6.45) is 0. The van der Waals surface area contributed by atoms with Gasteiger partial charge in [-0.3, -0.25) is 0 Å². The van der Waals surface area contributed by atoms with E-state index in [1.54, 1.807) is 12.1 Å². The van der Waals surface area contributed by atoms with E-state index in [0.29, 0.717) is 11.7 Å². The molecule has 1 aliphatic rings. The van der Waals surface area contributed by atoms with E-state index in [4.69, 9.17) is 21.7 Å². The molecule has 6 heteroatoms. The summed E-state index contributed by atoms with van der Waals surface area (Å²) in [6.45, 7) is 4.81. The van der Waals surface area contributed by atoms with Crippen LogP contribution in [-0.2, 0) is 6.54 Å². The van der Waals surface area contributed by atoms with Gasteiger partial charge in [-0.15, -0.1) is 0 Å². The SMILES string of the molecule is Cc1cccc(C)c1NC(=S)N(Cc1ccc2c(c1)OCO2)c1ccc(F)cc1. The van der Waals surface area contributed by atoms with Gasteiger partial charge in [0.25, 0.3) is 0 Å². The largest absolute Gasteiger partial charge is 0.454 e. The monoisotopic (exact) mass is 408 g/mol. The molecule has 0 radical (unpaired) electrons. The minimum absolute atomic E-state index is 0.229. The molecule has 29 heavy (non-hydrogen) atoms. The van der Waals surface area contributed by atoms with Crippen LogP contribution in [0.5, 0.6) is 11.5 Å². The van der Waals surface area contributed by atoms with E-state index >= 15 is 0 Å². The summed E-state index contributed by atoms with van der Waals surface area (Å²) in [6, 6.07) is 18.2. The van der Waals surface area contributed by atoms with Crippen LogP contribution in [0.15, 0.2) is 60.7 Å². The van der Waals surface area contributed by atoms with Crippen LogP contribution in [0.2, 0.25) is 0 Å². The second-order valence-corrected chi connectivity index (χ2v) is 7.33. The third-order valence-corrected chi connectivity index (χ3v) is 5.20. The number of anilines is 2. The summed E-state index contributed by atoms with van der Waals surface area (Å²) >= 11 is 5.76. The zero-order valence-electron chi connectivity index (χ0n) is 16.2. The molecule has 0 spiro atoms. The zero-order valence-corrected chi connectivity index (χ0v) is 17.1. The molecule has 0 saturated carbocycles. The van der Waals surface area contributed by atoms with Crippen molar-refractivity contribution in [1.82, 2.24) is 0 Å². The highest BCUT2D eigenvalue weighted by Gasteiger charge is 2.18. The van der Waals surface area contributed by atoms with Crippen molar-refractivity contribution in [2.24, 2.45) is 0 Å². The molecule has 148 valence electrons. The smallest absolute Gasteiger partial charge is 0.231 e. The zero-order chi connectivity index (χ0) is 20.4. The van der Waals surface area contributed by atoms with Crippen molar-refractivity contribution in [3.63, 3.8) is 0 Å². The second-order valence-electron chi connectivity index (χ2n) is 6.95. The molecule has 0 aromatic heterocycles. The Hall–Kier alpha value is -3.12. The third kappa shape index (κ3) is 4.17. The lowest BCUT2D eigenvalue weighted by atomic mass is 10.1. The van der Waals surface area contributed by atoms with Gasteiger partial charge in [0.2, 0.25) is 6.79 Å². The van der Waals surface area contributed by atoms with E-state index in [9.17, 15) is 4.39 Å². The minimum Gasteiger partial charge on any atom is -0.454 e. The van der Waals surface area contributed by atoms with Crippen LogP contribution in [0.1, 0.15) is 16.7 Å². The van der Waals surface area contributed by atoms with Crippen LogP contribution < -0.4 is 19.7 Å². The number of ether oxygens (including phenoxy) is 2. The number of benzene rings is 3. The Morgan fingerprint density at radius 3 is 2.41 bits per heavy atom. The molecule has 0 amide bonds. The fourth-order valence-corrected chi connectivity index (χ4v) is 3.58. The van der Waals surface area contributed by atoms with Gasteiger partial charge in [0.1, 0.15) is 5.82 Å². The van der Waals surface area contributed by atoms with Gasteiger partial charge in [-0.25, -0.2) is 4.39 Å². The predicted molar refractivity (Wildman–Crippen MR) is 117 cm³/mol. The van der Waals surface area contributed by atoms with Crippen LogP contribution in [0, 0.1) is 19.7 Å². The normalized spacial score (nSPS) is 12.0. The van der Waals surface area contributed by atoms with E-state index in [-0.39, 0.29) is 12.6 Å². The highest BCUT2D eigenvalue weighted by molar-refractivity contribution is 7.80. The van der Waals surface area contributed by atoms with Gasteiger partial charge in [0.15, 0.2) is 16.6 Å². The highest BCUT2D eigenvalue weighted by Crippen LogP contribution is 2.33. The number of para-hydroxylation sites is 1. The second kappa shape index (κ2) is 8.09. The van der Waals surface area contributed by atoms with Gasteiger partial charge in [0, 0.05) is 11.4 Å². The Morgan fingerprint density at radius 1 is 1.00 bits per heavy atom. The van der Waals surface area contributed by atoms with Gasteiger partial charge in [-0.05, 0) is 79.2 Å². The third-order valence-electron chi connectivity index (χ3n) is 4.87. The molecule has 0 fully saturated rings. The molecule has 3 aromatic rings. The van der Waals surface area contributed by atoms with E-state index in [1.165, 1.54) is 12.1 Å². The van der Waals surface area contributed by atoms with E-state index in [1.807, 2.05) is 55.1 Å². The molecule has 0 bridgehead atoms. The standard InChI is InChI=1S/C23H21FN2O2S/c1-15-4-3-5-16(2)22(15)25-23(29)26(19-9-7-18(24)8-10-19)13-17-6-11-20-21(12-17)28-14-27-20/h3-12H,13-14H2,1-2H3,(H,25,29). The molecular formula is C23H21FN2O2S. The van der Waals surface area contributed by atoms with Crippen molar-refractivity contribution in [2.75, 3.05) is 17.0 Å². The maximum Gasteiger partial charge on any atom is 0.231 e. The number of hydrogen-bond donors (Lipinski definition) is 1. The summed E-state index contributed by atoms with van der Waals surface area (Å²) in [5.74, 6) is 1.17. The van der Waals surface area contributed by atoms with Crippen LogP contribution >= 0.6 is 12.2 Å². The molecule has 1 N–H and O–H groups in total. The molecule has 0 saturated heterocycles. The molecule has 0 aliphatic carbocycles. The summed E-state index contributed by atoms with van der Waals surface area (Å²) in [5, 5.41) is 3.91.